The molecular weight excluding hydrogens is 526 g/mol. The zero-order valence-corrected chi connectivity index (χ0v) is 25.4. The lowest BCUT2D eigenvalue weighted by Gasteiger charge is -2.31. The molecule has 0 fully saturated rings. The van der Waals surface area contributed by atoms with E-state index >= 15 is 0 Å². The number of hydrogen-bond donors (Lipinski definition) is 2. The predicted octanol–water partition coefficient (Wildman–Crippen LogP) is 4.75. The molecule has 1 atom stereocenters. The number of amides is 1. The molecule has 2 aliphatic heterocycles. The minimum absolute atomic E-state index is 0.0890. The molecule has 212 valence electrons. The summed E-state index contributed by atoms with van der Waals surface area (Å²) in [6.07, 6.45) is -0.446. The van der Waals surface area contributed by atoms with Crippen LogP contribution in [0.5, 0.6) is 0 Å². The SMILES string of the molecule is CC[C@@]1(O)C(=O)OCc2c1cc1n(c2=O)Cc2c-1nc1ccc(NC(=O)OC(C)(C)C)cc1c2[Si](C)(C)C(C)C. The quantitative estimate of drug-likeness (QED) is 0.272. The summed E-state index contributed by atoms with van der Waals surface area (Å²) in [5.74, 6) is -0.740. The van der Waals surface area contributed by atoms with Crippen LogP contribution in [-0.2, 0) is 33.0 Å². The van der Waals surface area contributed by atoms with Crippen molar-refractivity contribution < 1.29 is 24.2 Å². The van der Waals surface area contributed by atoms with Crippen LogP contribution in [0.4, 0.5) is 10.5 Å². The molecule has 1 amide bonds. The van der Waals surface area contributed by atoms with E-state index < -0.39 is 31.3 Å². The minimum atomic E-state index is -2.14. The smallest absolute Gasteiger partial charge is 0.412 e. The number of carbonyl (C=O) groups excluding carboxylic acids is 2. The Hall–Kier alpha value is -3.50. The van der Waals surface area contributed by atoms with E-state index in [4.69, 9.17) is 14.5 Å². The number of hydrogen-bond acceptors (Lipinski definition) is 7. The van der Waals surface area contributed by atoms with Gasteiger partial charge in [-0.15, -0.1) is 0 Å². The number of anilines is 1. The van der Waals surface area contributed by atoms with E-state index in [1.807, 2.05) is 32.9 Å². The summed E-state index contributed by atoms with van der Waals surface area (Å²) in [6.45, 7) is 16.3. The van der Waals surface area contributed by atoms with Gasteiger partial charge in [-0.3, -0.25) is 10.1 Å². The molecule has 1 aromatic carbocycles. The average molecular weight is 564 g/mol. The van der Waals surface area contributed by atoms with E-state index in [2.05, 4.69) is 32.3 Å². The lowest BCUT2D eigenvalue weighted by molar-refractivity contribution is -0.172. The van der Waals surface area contributed by atoms with Gasteiger partial charge in [0.15, 0.2) is 5.60 Å². The first-order valence-electron chi connectivity index (χ1n) is 13.7. The van der Waals surface area contributed by atoms with Gasteiger partial charge in [-0.05, 0) is 67.7 Å². The van der Waals surface area contributed by atoms with Crippen LogP contribution < -0.4 is 16.1 Å². The molecule has 40 heavy (non-hydrogen) atoms. The van der Waals surface area contributed by atoms with Crippen LogP contribution in [0.3, 0.4) is 0 Å². The number of aliphatic hydroxyl groups is 1. The number of nitrogens with zero attached hydrogens (tertiary/aromatic N) is 2. The summed E-state index contributed by atoms with van der Waals surface area (Å²) >= 11 is 0. The van der Waals surface area contributed by atoms with Crippen LogP contribution in [0.25, 0.3) is 22.3 Å². The van der Waals surface area contributed by atoms with Crippen molar-refractivity contribution in [3.63, 3.8) is 0 Å². The van der Waals surface area contributed by atoms with Crippen LogP contribution in [0.15, 0.2) is 29.1 Å². The van der Waals surface area contributed by atoms with Crippen LogP contribution in [0.1, 0.15) is 64.7 Å². The Balaban J connectivity index is 1.74. The number of cyclic esters (lactones) is 1. The fraction of sp³-hybridized carbons (Fsp3) is 0.467. The first-order chi connectivity index (χ1) is 18.6. The molecule has 2 N–H and O–H groups in total. The van der Waals surface area contributed by atoms with Crippen molar-refractivity contribution in [3.05, 3.63) is 51.3 Å². The normalized spacial score (nSPS) is 18.3. The maximum atomic E-state index is 13.7. The predicted molar refractivity (Wildman–Crippen MR) is 157 cm³/mol. The van der Waals surface area contributed by atoms with Gasteiger partial charge in [0.25, 0.3) is 5.56 Å². The Kier molecular flexibility index (Phi) is 6.50. The third-order valence-electron chi connectivity index (χ3n) is 8.42. The minimum Gasteiger partial charge on any atom is -0.458 e. The van der Waals surface area contributed by atoms with Gasteiger partial charge < -0.3 is 19.1 Å². The van der Waals surface area contributed by atoms with Crippen molar-refractivity contribution in [2.75, 3.05) is 5.32 Å². The Labute approximate surface area is 234 Å². The van der Waals surface area contributed by atoms with E-state index in [9.17, 15) is 19.5 Å². The van der Waals surface area contributed by atoms with Gasteiger partial charge >= 0.3 is 12.1 Å². The number of ether oxygens (including phenoxy) is 2. The van der Waals surface area contributed by atoms with E-state index in [0.717, 1.165) is 16.5 Å². The van der Waals surface area contributed by atoms with Gasteiger partial charge in [-0.1, -0.05) is 33.9 Å². The summed E-state index contributed by atoms with van der Waals surface area (Å²) in [5.41, 5.74) is 1.79. The topological polar surface area (TPSA) is 120 Å². The summed E-state index contributed by atoms with van der Waals surface area (Å²) in [7, 11) is -2.14. The number of rotatable bonds is 4. The molecule has 0 bridgehead atoms. The fourth-order valence-corrected chi connectivity index (χ4v) is 8.05. The van der Waals surface area contributed by atoms with Crippen molar-refractivity contribution in [1.29, 1.82) is 0 Å². The molecule has 0 radical (unpaired) electrons. The number of benzene rings is 1. The molecular formula is C30H37N3O6Si. The van der Waals surface area contributed by atoms with E-state index in [-0.39, 0.29) is 18.6 Å². The van der Waals surface area contributed by atoms with Gasteiger partial charge in [0, 0.05) is 16.6 Å². The third kappa shape index (κ3) is 4.33. The van der Waals surface area contributed by atoms with Gasteiger partial charge in [-0.2, -0.15) is 0 Å². The molecule has 0 saturated heterocycles. The number of pyridine rings is 2. The van der Waals surface area contributed by atoms with E-state index in [1.165, 1.54) is 5.19 Å². The molecule has 3 aromatic rings. The first kappa shape index (κ1) is 28.0. The third-order valence-corrected chi connectivity index (χ3v) is 13.2. The molecule has 0 unspecified atom stereocenters. The maximum Gasteiger partial charge on any atom is 0.412 e. The number of nitrogens with one attached hydrogen (secondary N) is 1. The number of fused-ring (bicyclic) bond motifs is 5. The highest BCUT2D eigenvalue weighted by molar-refractivity contribution is 6.92. The van der Waals surface area contributed by atoms with E-state index in [0.29, 0.717) is 40.3 Å². The van der Waals surface area contributed by atoms with Gasteiger partial charge in [0.05, 0.1) is 37.1 Å². The molecule has 2 aromatic heterocycles. The number of carbonyl (C=O) groups is 2. The second-order valence-electron chi connectivity index (χ2n) is 12.7. The highest BCUT2D eigenvalue weighted by Crippen LogP contribution is 2.40. The fourth-order valence-electron chi connectivity index (χ4n) is 5.60. The molecule has 5 rings (SSSR count). The summed E-state index contributed by atoms with van der Waals surface area (Å²) in [4.78, 5) is 43.8. The highest BCUT2D eigenvalue weighted by atomic mass is 28.3. The second kappa shape index (κ2) is 9.27. The Morgan fingerprint density at radius 2 is 1.93 bits per heavy atom. The number of esters is 1. The molecule has 10 heteroatoms. The molecule has 0 aliphatic carbocycles. The highest BCUT2D eigenvalue weighted by Gasteiger charge is 2.46. The second-order valence-corrected chi connectivity index (χ2v) is 17.8. The van der Waals surface area contributed by atoms with E-state index in [1.54, 1.807) is 23.6 Å². The van der Waals surface area contributed by atoms with Gasteiger partial charge in [0.1, 0.15) is 12.2 Å². The van der Waals surface area contributed by atoms with Crippen molar-refractivity contribution in [3.8, 4) is 11.4 Å². The zero-order valence-electron chi connectivity index (χ0n) is 24.4. The molecule has 9 nitrogen and oxygen atoms in total. The van der Waals surface area contributed by atoms with Crippen molar-refractivity contribution >= 4 is 41.9 Å². The first-order valence-corrected chi connectivity index (χ1v) is 16.8. The van der Waals surface area contributed by atoms with Crippen LogP contribution in [0, 0.1) is 0 Å². The van der Waals surface area contributed by atoms with Crippen LogP contribution >= 0.6 is 0 Å². The van der Waals surface area contributed by atoms with Crippen molar-refractivity contribution in [2.45, 2.75) is 91.0 Å². The maximum absolute atomic E-state index is 13.7. The Morgan fingerprint density at radius 3 is 2.55 bits per heavy atom. The standard InChI is InChI=1S/C30H37N3O6Si/c1-9-30(37)21-13-23-24-19(14-33(23)26(34)20(21)15-38-27(30)35)25(40(7,8)16(2)3)18-12-17(10-11-22(18)32-24)31-28(36)39-29(4,5)6/h10-13,16,37H,9,14-15H2,1-8H3,(H,31,36)/t30-/m0/s1. The number of aromatic nitrogens is 2. The lowest BCUT2D eigenvalue weighted by atomic mass is 9.86. The Bertz CT molecular complexity index is 1640. The lowest BCUT2D eigenvalue weighted by Crippen LogP contribution is -2.47. The summed E-state index contributed by atoms with van der Waals surface area (Å²) in [5, 5.41) is 16.2. The average Bonchev–Trinajstić information content (AvgIpc) is 3.22. The summed E-state index contributed by atoms with van der Waals surface area (Å²) < 4.78 is 12.4. The van der Waals surface area contributed by atoms with Crippen molar-refractivity contribution in [1.82, 2.24) is 9.55 Å². The van der Waals surface area contributed by atoms with Crippen LogP contribution in [-0.4, -0.2) is 40.4 Å². The molecule has 4 heterocycles. The molecule has 2 aliphatic rings. The Morgan fingerprint density at radius 1 is 1.23 bits per heavy atom. The van der Waals surface area contributed by atoms with Gasteiger partial charge in [-0.25, -0.2) is 14.6 Å². The monoisotopic (exact) mass is 563 g/mol. The largest absolute Gasteiger partial charge is 0.458 e. The van der Waals surface area contributed by atoms with Gasteiger partial charge in [0.2, 0.25) is 0 Å². The van der Waals surface area contributed by atoms with Crippen molar-refractivity contribution in [2.24, 2.45) is 0 Å². The summed E-state index contributed by atoms with van der Waals surface area (Å²) in [6, 6.07) is 7.35. The molecule has 0 spiro atoms. The zero-order chi connectivity index (χ0) is 29.4. The van der Waals surface area contributed by atoms with Crippen LogP contribution in [0.2, 0.25) is 18.6 Å². The molecule has 0 saturated carbocycles.